The molecule has 1 amide bonds. The maximum absolute atomic E-state index is 11.0. The first-order valence-electron chi connectivity index (χ1n) is 4.65. The first-order valence-corrected chi connectivity index (χ1v) is 5.41. The van der Waals surface area contributed by atoms with E-state index in [0.717, 1.165) is 5.56 Å². The van der Waals surface area contributed by atoms with Crippen molar-refractivity contribution in [1.29, 1.82) is 0 Å². The van der Waals surface area contributed by atoms with Crippen molar-refractivity contribution in [2.24, 2.45) is 5.73 Å². The monoisotopic (exact) mass is 267 g/mol. The number of nitrogens with two attached hydrogens (primary N) is 1. The Hall–Kier alpha value is -1.65. The van der Waals surface area contributed by atoms with Gasteiger partial charge in [-0.15, -0.1) is 0 Å². The van der Waals surface area contributed by atoms with E-state index in [9.17, 15) is 4.79 Å². The van der Waals surface area contributed by atoms with Gasteiger partial charge in [0.25, 0.3) is 5.91 Å². The fourth-order valence-electron chi connectivity index (χ4n) is 1.31. The Morgan fingerprint density at radius 3 is 2.53 bits per heavy atom. The summed E-state index contributed by atoms with van der Waals surface area (Å²) in [5, 5.41) is 0.878. The largest absolute Gasteiger partial charge is 0.364 e. The zero-order chi connectivity index (χ0) is 12.4. The average molecular weight is 268 g/mol. The molecule has 4 nitrogen and oxygen atoms in total. The molecule has 2 aromatic rings. The highest BCUT2D eigenvalue weighted by atomic mass is 35.5. The van der Waals surface area contributed by atoms with E-state index < -0.39 is 5.91 Å². The van der Waals surface area contributed by atoms with Gasteiger partial charge < -0.3 is 5.73 Å². The molecular weight excluding hydrogens is 261 g/mol. The van der Waals surface area contributed by atoms with Gasteiger partial charge in [-0.2, -0.15) is 0 Å². The normalized spacial score (nSPS) is 10.2. The molecule has 2 N–H and O–H groups in total. The topological polar surface area (TPSA) is 68.9 Å². The van der Waals surface area contributed by atoms with Crippen molar-refractivity contribution in [2.45, 2.75) is 0 Å². The lowest BCUT2D eigenvalue weighted by Gasteiger charge is -2.03. The van der Waals surface area contributed by atoms with E-state index in [4.69, 9.17) is 28.9 Å². The number of rotatable bonds is 2. The molecule has 1 aromatic heterocycles. The maximum atomic E-state index is 11.0. The summed E-state index contributed by atoms with van der Waals surface area (Å²) >= 11 is 11.7. The average Bonchev–Trinajstić information content (AvgIpc) is 2.33. The van der Waals surface area contributed by atoms with Crippen molar-refractivity contribution < 1.29 is 4.79 Å². The number of nitrogens with zero attached hydrogens (tertiary/aromatic N) is 2. The highest BCUT2D eigenvalue weighted by Crippen LogP contribution is 2.27. The fraction of sp³-hybridized carbons (Fsp3) is 0. The van der Waals surface area contributed by atoms with Crippen LogP contribution in [-0.4, -0.2) is 15.9 Å². The zero-order valence-corrected chi connectivity index (χ0v) is 10.0. The SMILES string of the molecule is NC(=O)c1cc(-c2ccc(Cl)c(Cl)c2)ncn1. The predicted molar refractivity (Wildman–Crippen MR) is 66.0 cm³/mol. The quantitative estimate of drug-likeness (QED) is 0.909. The van der Waals surface area contributed by atoms with Crippen molar-refractivity contribution in [2.75, 3.05) is 0 Å². The number of benzene rings is 1. The van der Waals surface area contributed by atoms with Gasteiger partial charge in [0, 0.05) is 5.56 Å². The van der Waals surface area contributed by atoms with Crippen LogP contribution in [0.5, 0.6) is 0 Å². The number of primary amides is 1. The Morgan fingerprint density at radius 2 is 1.88 bits per heavy atom. The second kappa shape index (κ2) is 4.69. The maximum Gasteiger partial charge on any atom is 0.267 e. The van der Waals surface area contributed by atoms with Crippen LogP contribution in [-0.2, 0) is 0 Å². The third-order valence-corrected chi connectivity index (χ3v) is 2.87. The number of halogens is 2. The summed E-state index contributed by atoms with van der Waals surface area (Å²) in [6.07, 6.45) is 1.28. The molecule has 0 fully saturated rings. The van der Waals surface area contributed by atoms with Crippen LogP contribution < -0.4 is 5.73 Å². The van der Waals surface area contributed by atoms with Crippen LogP contribution in [0.1, 0.15) is 10.5 Å². The highest BCUT2D eigenvalue weighted by molar-refractivity contribution is 6.42. The molecule has 0 spiro atoms. The molecule has 0 unspecified atom stereocenters. The molecule has 0 bridgehead atoms. The first kappa shape index (κ1) is 11.8. The number of hydrogen-bond acceptors (Lipinski definition) is 3. The van der Waals surface area contributed by atoms with Gasteiger partial charge in [0.2, 0.25) is 0 Å². The summed E-state index contributed by atoms with van der Waals surface area (Å²) in [5.41, 5.74) is 6.59. The minimum absolute atomic E-state index is 0.154. The van der Waals surface area contributed by atoms with E-state index in [1.165, 1.54) is 12.4 Å². The van der Waals surface area contributed by atoms with Crippen LogP contribution in [0.25, 0.3) is 11.3 Å². The number of hydrogen-bond donors (Lipinski definition) is 1. The highest BCUT2D eigenvalue weighted by Gasteiger charge is 2.07. The second-order valence-electron chi connectivity index (χ2n) is 3.28. The predicted octanol–water partition coefficient (Wildman–Crippen LogP) is 2.55. The molecule has 0 saturated heterocycles. The minimum Gasteiger partial charge on any atom is -0.364 e. The van der Waals surface area contributed by atoms with Gasteiger partial charge in [-0.3, -0.25) is 4.79 Å². The Bertz CT molecular complexity index is 587. The summed E-state index contributed by atoms with van der Waals surface area (Å²) in [6.45, 7) is 0. The first-order chi connectivity index (χ1) is 8.08. The molecule has 0 aliphatic carbocycles. The van der Waals surface area contributed by atoms with E-state index in [1.807, 2.05) is 0 Å². The van der Waals surface area contributed by atoms with Crippen LogP contribution in [0.3, 0.4) is 0 Å². The van der Waals surface area contributed by atoms with Gasteiger partial charge in [0.05, 0.1) is 15.7 Å². The van der Waals surface area contributed by atoms with Crippen LogP contribution in [0.15, 0.2) is 30.6 Å². The summed E-state index contributed by atoms with van der Waals surface area (Å²) in [7, 11) is 0. The van der Waals surface area contributed by atoms with E-state index in [1.54, 1.807) is 18.2 Å². The number of carbonyl (C=O) groups excluding carboxylic acids is 1. The van der Waals surface area contributed by atoms with Gasteiger partial charge in [-0.05, 0) is 18.2 Å². The Labute approximate surface area is 107 Å². The molecule has 1 heterocycles. The number of amides is 1. The van der Waals surface area contributed by atoms with Crippen molar-refractivity contribution in [1.82, 2.24) is 9.97 Å². The molecular formula is C11H7Cl2N3O. The molecule has 86 valence electrons. The van der Waals surface area contributed by atoms with Crippen LogP contribution in [0.4, 0.5) is 0 Å². The summed E-state index contributed by atoms with van der Waals surface area (Å²) in [6, 6.07) is 6.57. The van der Waals surface area contributed by atoms with Gasteiger partial charge in [-0.25, -0.2) is 9.97 Å². The molecule has 17 heavy (non-hydrogen) atoms. The smallest absolute Gasteiger partial charge is 0.267 e. The van der Waals surface area contributed by atoms with Crippen molar-refractivity contribution in [3.05, 3.63) is 46.3 Å². The zero-order valence-electron chi connectivity index (χ0n) is 8.52. The van der Waals surface area contributed by atoms with Crippen molar-refractivity contribution >= 4 is 29.1 Å². The lowest BCUT2D eigenvalue weighted by Crippen LogP contribution is -2.13. The Kier molecular flexibility index (Phi) is 3.26. The molecule has 0 saturated carbocycles. The standard InChI is InChI=1S/C11H7Cl2N3O/c12-7-2-1-6(3-8(7)13)9-4-10(11(14)17)16-5-15-9/h1-5H,(H2,14,17). The Morgan fingerprint density at radius 1 is 1.12 bits per heavy atom. The van der Waals surface area contributed by atoms with E-state index in [2.05, 4.69) is 9.97 Å². The van der Waals surface area contributed by atoms with Crippen LogP contribution in [0.2, 0.25) is 10.0 Å². The summed E-state index contributed by atoms with van der Waals surface area (Å²) < 4.78 is 0. The van der Waals surface area contributed by atoms with E-state index in [-0.39, 0.29) is 5.69 Å². The van der Waals surface area contributed by atoms with Gasteiger partial charge in [0.15, 0.2) is 0 Å². The Balaban J connectivity index is 2.49. The van der Waals surface area contributed by atoms with Gasteiger partial charge >= 0.3 is 0 Å². The van der Waals surface area contributed by atoms with Crippen molar-refractivity contribution in [3.63, 3.8) is 0 Å². The molecule has 2 rings (SSSR count). The molecule has 0 aliphatic rings. The fourth-order valence-corrected chi connectivity index (χ4v) is 1.60. The third-order valence-electron chi connectivity index (χ3n) is 2.13. The third kappa shape index (κ3) is 2.54. The second-order valence-corrected chi connectivity index (χ2v) is 4.10. The molecule has 6 heteroatoms. The van der Waals surface area contributed by atoms with Crippen molar-refractivity contribution in [3.8, 4) is 11.3 Å². The van der Waals surface area contributed by atoms with E-state index >= 15 is 0 Å². The van der Waals surface area contributed by atoms with Crippen LogP contribution in [0, 0.1) is 0 Å². The lowest BCUT2D eigenvalue weighted by atomic mass is 10.1. The summed E-state index contributed by atoms with van der Waals surface area (Å²) in [5.74, 6) is -0.603. The van der Waals surface area contributed by atoms with Gasteiger partial charge in [0.1, 0.15) is 12.0 Å². The summed E-state index contributed by atoms with van der Waals surface area (Å²) in [4.78, 5) is 18.8. The number of aromatic nitrogens is 2. The van der Waals surface area contributed by atoms with Gasteiger partial charge in [-0.1, -0.05) is 29.3 Å². The lowest BCUT2D eigenvalue weighted by molar-refractivity contribution is 0.0995. The molecule has 1 aromatic carbocycles. The number of carbonyl (C=O) groups is 1. The van der Waals surface area contributed by atoms with Crippen LogP contribution >= 0.6 is 23.2 Å². The molecule has 0 atom stereocenters. The van der Waals surface area contributed by atoms with E-state index in [0.29, 0.717) is 15.7 Å². The minimum atomic E-state index is -0.603. The molecule has 0 radical (unpaired) electrons. The molecule has 0 aliphatic heterocycles.